The molecule has 0 saturated heterocycles. The van der Waals surface area contributed by atoms with Gasteiger partial charge in [-0.05, 0) is 25.5 Å². The Morgan fingerprint density at radius 3 is 2.73 bits per heavy atom. The Hall–Kier alpha value is -2.01. The third-order valence-corrected chi connectivity index (χ3v) is 4.11. The topological polar surface area (TPSA) is 45.2 Å². The van der Waals surface area contributed by atoms with E-state index in [0.29, 0.717) is 0 Å². The third kappa shape index (κ3) is 3.25. The number of aromatic nitrogens is 3. The molecule has 3 rings (SSSR count). The van der Waals surface area contributed by atoms with Gasteiger partial charge in [-0.1, -0.05) is 6.07 Å². The van der Waals surface area contributed by atoms with Crippen molar-refractivity contribution in [2.75, 3.05) is 32.1 Å². The van der Waals surface area contributed by atoms with Crippen LogP contribution in [0, 0.1) is 6.92 Å². The number of fused-ring (bicyclic) bond motifs is 1. The fourth-order valence-corrected chi connectivity index (χ4v) is 3.02. The summed E-state index contributed by atoms with van der Waals surface area (Å²) in [5.41, 5.74) is 4.71. The Bertz CT molecular complexity index is 653. The van der Waals surface area contributed by atoms with Crippen molar-refractivity contribution in [2.24, 2.45) is 0 Å². The lowest BCUT2D eigenvalue weighted by atomic mass is 10.1. The summed E-state index contributed by atoms with van der Waals surface area (Å²) in [6, 6.07) is 6.23. The summed E-state index contributed by atoms with van der Waals surface area (Å²) in [7, 11) is 4.09. The van der Waals surface area contributed by atoms with Gasteiger partial charge in [0, 0.05) is 51.4 Å². The Morgan fingerprint density at radius 2 is 1.95 bits per heavy atom. The van der Waals surface area contributed by atoms with E-state index >= 15 is 0 Å². The summed E-state index contributed by atoms with van der Waals surface area (Å²) < 4.78 is 0. The minimum Gasteiger partial charge on any atom is -0.362 e. The van der Waals surface area contributed by atoms with Gasteiger partial charge in [0.25, 0.3) is 0 Å². The van der Waals surface area contributed by atoms with Crippen LogP contribution in [-0.2, 0) is 19.4 Å². The van der Waals surface area contributed by atoms with E-state index in [4.69, 9.17) is 0 Å². The van der Waals surface area contributed by atoms with E-state index < -0.39 is 0 Å². The quantitative estimate of drug-likeness (QED) is 0.865. The molecule has 1 aliphatic heterocycles. The molecule has 0 N–H and O–H groups in total. The van der Waals surface area contributed by atoms with Crippen molar-refractivity contribution in [1.82, 2.24) is 19.9 Å². The molecule has 0 spiro atoms. The minimum atomic E-state index is 0.903. The first-order chi connectivity index (χ1) is 10.6. The standard InChI is InChI=1S/C17H23N5/c1-13-5-4-6-14(20-13)11-22-9-7-15-16(8-10-22)18-12-19-17(15)21(2)3/h4-6,12H,7-11H2,1-3H3. The second kappa shape index (κ2) is 6.40. The Kier molecular flexibility index (Phi) is 4.34. The van der Waals surface area contributed by atoms with Crippen LogP contribution in [0.5, 0.6) is 0 Å². The smallest absolute Gasteiger partial charge is 0.134 e. The maximum atomic E-state index is 4.61. The fourth-order valence-electron chi connectivity index (χ4n) is 3.02. The molecule has 5 heteroatoms. The molecule has 0 aliphatic carbocycles. The Labute approximate surface area is 132 Å². The Morgan fingerprint density at radius 1 is 1.14 bits per heavy atom. The summed E-state index contributed by atoms with van der Waals surface area (Å²) in [6.07, 6.45) is 3.66. The number of anilines is 1. The van der Waals surface area contributed by atoms with Crippen molar-refractivity contribution in [3.8, 4) is 0 Å². The highest BCUT2D eigenvalue weighted by molar-refractivity contribution is 5.48. The summed E-state index contributed by atoms with van der Waals surface area (Å²) >= 11 is 0. The molecule has 0 atom stereocenters. The second-order valence-corrected chi connectivity index (χ2v) is 6.06. The Balaban J connectivity index is 1.75. The van der Waals surface area contributed by atoms with Gasteiger partial charge in [-0.15, -0.1) is 0 Å². The largest absolute Gasteiger partial charge is 0.362 e. The van der Waals surface area contributed by atoms with E-state index in [1.165, 1.54) is 11.3 Å². The van der Waals surface area contributed by atoms with Gasteiger partial charge in [-0.25, -0.2) is 9.97 Å². The molecule has 0 amide bonds. The summed E-state index contributed by atoms with van der Waals surface area (Å²) in [6.45, 7) is 4.99. The fraction of sp³-hybridized carbons (Fsp3) is 0.471. The predicted octanol–water partition coefficient (Wildman–Crippen LogP) is 1.85. The van der Waals surface area contributed by atoms with Crippen molar-refractivity contribution in [3.05, 3.63) is 47.2 Å². The molecule has 0 unspecified atom stereocenters. The van der Waals surface area contributed by atoms with Crippen LogP contribution in [-0.4, -0.2) is 47.0 Å². The van der Waals surface area contributed by atoms with E-state index in [2.05, 4.69) is 36.9 Å². The van der Waals surface area contributed by atoms with Crippen molar-refractivity contribution >= 4 is 5.82 Å². The van der Waals surface area contributed by atoms with Gasteiger partial charge in [0.1, 0.15) is 12.1 Å². The van der Waals surface area contributed by atoms with E-state index in [1.54, 1.807) is 6.33 Å². The van der Waals surface area contributed by atoms with Crippen LogP contribution < -0.4 is 4.90 Å². The van der Waals surface area contributed by atoms with Crippen LogP contribution in [0.3, 0.4) is 0 Å². The van der Waals surface area contributed by atoms with Crippen LogP contribution in [0.2, 0.25) is 0 Å². The highest BCUT2D eigenvalue weighted by atomic mass is 15.2. The van der Waals surface area contributed by atoms with E-state index in [-0.39, 0.29) is 0 Å². The molecule has 5 nitrogen and oxygen atoms in total. The first kappa shape index (κ1) is 14.9. The molecule has 116 valence electrons. The van der Waals surface area contributed by atoms with E-state index in [1.807, 2.05) is 27.1 Å². The van der Waals surface area contributed by atoms with Crippen molar-refractivity contribution < 1.29 is 0 Å². The highest BCUT2D eigenvalue weighted by Crippen LogP contribution is 2.22. The first-order valence-corrected chi connectivity index (χ1v) is 7.78. The van der Waals surface area contributed by atoms with E-state index in [0.717, 1.165) is 49.7 Å². The number of rotatable bonds is 3. The van der Waals surface area contributed by atoms with Crippen molar-refractivity contribution in [1.29, 1.82) is 0 Å². The van der Waals surface area contributed by atoms with Gasteiger partial charge in [0.2, 0.25) is 0 Å². The van der Waals surface area contributed by atoms with Crippen LogP contribution in [0.1, 0.15) is 22.6 Å². The molecule has 3 heterocycles. The maximum Gasteiger partial charge on any atom is 0.134 e. The van der Waals surface area contributed by atoms with Gasteiger partial charge >= 0.3 is 0 Å². The molecule has 2 aromatic heterocycles. The SMILES string of the molecule is Cc1cccc(CN2CCc3ncnc(N(C)C)c3CC2)n1. The molecule has 0 aromatic carbocycles. The van der Waals surface area contributed by atoms with Gasteiger partial charge in [0.05, 0.1) is 11.4 Å². The molecular formula is C17H23N5. The molecule has 22 heavy (non-hydrogen) atoms. The van der Waals surface area contributed by atoms with Crippen molar-refractivity contribution in [3.63, 3.8) is 0 Å². The van der Waals surface area contributed by atoms with Crippen molar-refractivity contribution in [2.45, 2.75) is 26.3 Å². The number of hydrogen-bond acceptors (Lipinski definition) is 5. The van der Waals surface area contributed by atoms with Gasteiger partial charge in [0.15, 0.2) is 0 Å². The minimum absolute atomic E-state index is 0.903. The van der Waals surface area contributed by atoms with Crippen LogP contribution >= 0.6 is 0 Å². The zero-order valence-corrected chi connectivity index (χ0v) is 13.6. The van der Waals surface area contributed by atoms with Gasteiger partial charge in [-0.3, -0.25) is 9.88 Å². The zero-order valence-electron chi connectivity index (χ0n) is 13.6. The molecule has 1 aliphatic rings. The molecule has 0 saturated carbocycles. The average Bonchev–Trinajstić information content (AvgIpc) is 2.70. The zero-order chi connectivity index (χ0) is 15.5. The number of pyridine rings is 1. The van der Waals surface area contributed by atoms with E-state index in [9.17, 15) is 0 Å². The summed E-state index contributed by atoms with van der Waals surface area (Å²) in [4.78, 5) is 18.1. The number of hydrogen-bond donors (Lipinski definition) is 0. The van der Waals surface area contributed by atoms with Crippen LogP contribution in [0.25, 0.3) is 0 Å². The summed E-state index contributed by atoms with van der Waals surface area (Å²) in [5.74, 6) is 1.06. The molecule has 0 bridgehead atoms. The molecule has 0 radical (unpaired) electrons. The molecule has 0 fully saturated rings. The summed E-state index contributed by atoms with van der Waals surface area (Å²) in [5, 5.41) is 0. The first-order valence-electron chi connectivity index (χ1n) is 7.78. The lowest BCUT2D eigenvalue weighted by molar-refractivity contribution is 0.275. The number of nitrogens with zero attached hydrogens (tertiary/aromatic N) is 5. The highest BCUT2D eigenvalue weighted by Gasteiger charge is 2.19. The van der Waals surface area contributed by atoms with Crippen LogP contribution in [0.4, 0.5) is 5.82 Å². The predicted molar refractivity (Wildman–Crippen MR) is 88.0 cm³/mol. The average molecular weight is 297 g/mol. The maximum absolute atomic E-state index is 4.61. The molecule has 2 aromatic rings. The van der Waals surface area contributed by atoms with Gasteiger partial charge in [-0.2, -0.15) is 0 Å². The molecular weight excluding hydrogens is 274 g/mol. The normalized spacial score (nSPS) is 15.2. The van der Waals surface area contributed by atoms with Crippen LogP contribution in [0.15, 0.2) is 24.5 Å². The number of aryl methyl sites for hydroxylation is 1. The second-order valence-electron chi connectivity index (χ2n) is 6.06. The lowest BCUT2D eigenvalue weighted by Gasteiger charge is -2.19. The lowest BCUT2D eigenvalue weighted by Crippen LogP contribution is -2.26. The van der Waals surface area contributed by atoms with Gasteiger partial charge < -0.3 is 4.90 Å². The monoisotopic (exact) mass is 297 g/mol. The third-order valence-electron chi connectivity index (χ3n) is 4.11.